The summed E-state index contributed by atoms with van der Waals surface area (Å²) >= 11 is 5.56. The van der Waals surface area contributed by atoms with Crippen molar-refractivity contribution in [1.82, 2.24) is 0 Å². The molecule has 0 fully saturated rings. The second kappa shape index (κ2) is 3.76. The van der Waals surface area contributed by atoms with Crippen molar-refractivity contribution < 1.29 is 9.13 Å². The van der Waals surface area contributed by atoms with Gasteiger partial charge in [0.1, 0.15) is 0 Å². The van der Waals surface area contributed by atoms with Gasteiger partial charge in [0.25, 0.3) is 0 Å². The van der Waals surface area contributed by atoms with Crippen molar-refractivity contribution in [2.75, 3.05) is 7.11 Å². The quantitative estimate of drug-likeness (QED) is 0.649. The molecule has 0 saturated carbocycles. The molecule has 0 aliphatic carbocycles. The zero-order valence-corrected chi connectivity index (χ0v) is 7.78. The van der Waals surface area contributed by atoms with E-state index in [-0.39, 0.29) is 5.82 Å². The molecule has 0 aliphatic rings. The van der Waals surface area contributed by atoms with E-state index in [0.29, 0.717) is 11.6 Å². The molecule has 0 unspecified atom stereocenters. The molecule has 0 heterocycles. The monoisotopic (exact) mass is 188 g/mol. The van der Waals surface area contributed by atoms with Gasteiger partial charge < -0.3 is 4.74 Å². The zero-order chi connectivity index (χ0) is 9.14. The maximum absolute atomic E-state index is 13.1. The Kier molecular flexibility index (Phi) is 2.93. The average molecular weight is 189 g/mol. The lowest BCUT2D eigenvalue weighted by molar-refractivity contribution is 0.383. The Morgan fingerprint density at radius 2 is 2.17 bits per heavy atom. The van der Waals surface area contributed by atoms with E-state index < -0.39 is 0 Å². The van der Waals surface area contributed by atoms with Gasteiger partial charge in [-0.15, -0.1) is 11.6 Å². The van der Waals surface area contributed by atoms with Crippen LogP contribution in [0.1, 0.15) is 11.1 Å². The van der Waals surface area contributed by atoms with Gasteiger partial charge in [-0.25, -0.2) is 4.39 Å². The van der Waals surface area contributed by atoms with Gasteiger partial charge in [0, 0.05) is 5.88 Å². The third-order valence-corrected chi connectivity index (χ3v) is 1.96. The van der Waals surface area contributed by atoms with Crippen LogP contribution < -0.4 is 4.74 Å². The molecule has 0 spiro atoms. The normalized spacial score (nSPS) is 10.0. The van der Waals surface area contributed by atoms with E-state index in [1.807, 2.05) is 6.07 Å². The number of halogens is 2. The molecule has 0 radical (unpaired) electrons. The van der Waals surface area contributed by atoms with Crippen molar-refractivity contribution in [2.45, 2.75) is 12.8 Å². The lowest BCUT2D eigenvalue weighted by Crippen LogP contribution is -1.93. The van der Waals surface area contributed by atoms with E-state index in [1.165, 1.54) is 13.2 Å². The maximum Gasteiger partial charge on any atom is 0.165 e. The summed E-state index contributed by atoms with van der Waals surface area (Å²) in [5.74, 6) is 0.263. The van der Waals surface area contributed by atoms with Crippen LogP contribution in [-0.2, 0) is 5.88 Å². The van der Waals surface area contributed by atoms with Crippen molar-refractivity contribution >= 4 is 11.6 Å². The van der Waals surface area contributed by atoms with Crippen molar-refractivity contribution in [3.8, 4) is 5.75 Å². The minimum atomic E-state index is -0.354. The van der Waals surface area contributed by atoms with Gasteiger partial charge in [0.05, 0.1) is 7.11 Å². The van der Waals surface area contributed by atoms with Crippen LogP contribution in [0.2, 0.25) is 0 Å². The van der Waals surface area contributed by atoms with Crippen LogP contribution in [-0.4, -0.2) is 7.11 Å². The van der Waals surface area contributed by atoms with Crippen LogP contribution in [0.5, 0.6) is 5.75 Å². The molecule has 1 aromatic rings. The van der Waals surface area contributed by atoms with Crippen molar-refractivity contribution in [2.24, 2.45) is 0 Å². The van der Waals surface area contributed by atoms with E-state index >= 15 is 0 Å². The second-order valence-electron chi connectivity index (χ2n) is 2.56. The lowest BCUT2D eigenvalue weighted by Gasteiger charge is -2.06. The molecule has 0 amide bonds. The molecule has 1 rings (SSSR count). The molecule has 3 heteroatoms. The molecule has 1 nitrogen and oxygen atoms in total. The number of benzene rings is 1. The van der Waals surface area contributed by atoms with E-state index in [4.69, 9.17) is 16.3 Å². The fourth-order valence-electron chi connectivity index (χ4n) is 1.14. The van der Waals surface area contributed by atoms with Crippen LogP contribution >= 0.6 is 11.6 Å². The molecule has 12 heavy (non-hydrogen) atoms. The summed E-state index contributed by atoms with van der Waals surface area (Å²) in [5, 5.41) is 0. The van der Waals surface area contributed by atoms with Gasteiger partial charge in [-0.3, -0.25) is 0 Å². The standard InChI is InChI=1S/C9H10ClFO/c1-6-3-7(5-10)4-8(11)9(6)12-2/h3-4H,5H2,1-2H3. The first-order valence-electron chi connectivity index (χ1n) is 3.58. The van der Waals surface area contributed by atoms with E-state index in [9.17, 15) is 4.39 Å². The van der Waals surface area contributed by atoms with Crippen molar-refractivity contribution in [3.05, 3.63) is 29.1 Å². The first-order chi connectivity index (χ1) is 5.69. The molecular formula is C9H10ClFO. The Morgan fingerprint density at radius 3 is 2.58 bits per heavy atom. The highest BCUT2D eigenvalue weighted by Crippen LogP contribution is 2.23. The zero-order valence-electron chi connectivity index (χ0n) is 7.03. The number of hydrogen-bond donors (Lipinski definition) is 0. The molecule has 0 atom stereocenters. The highest BCUT2D eigenvalue weighted by atomic mass is 35.5. The number of aryl methyl sites for hydroxylation is 1. The van der Waals surface area contributed by atoms with Gasteiger partial charge in [0.15, 0.2) is 11.6 Å². The van der Waals surface area contributed by atoms with E-state index in [1.54, 1.807) is 6.92 Å². The molecular weight excluding hydrogens is 179 g/mol. The number of rotatable bonds is 2. The van der Waals surface area contributed by atoms with Gasteiger partial charge >= 0.3 is 0 Å². The summed E-state index contributed by atoms with van der Waals surface area (Å²) in [6, 6.07) is 3.20. The van der Waals surface area contributed by atoms with Gasteiger partial charge in [-0.2, -0.15) is 0 Å². The predicted molar refractivity (Wildman–Crippen MR) is 47.2 cm³/mol. The molecule has 0 aromatic heterocycles. The molecule has 0 N–H and O–H groups in total. The fraction of sp³-hybridized carbons (Fsp3) is 0.333. The summed E-state index contributed by atoms with van der Waals surface area (Å²) in [5.41, 5.74) is 1.54. The van der Waals surface area contributed by atoms with Crippen LogP contribution in [0, 0.1) is 12.7 Å². The molecule has 66 valence electrons. The highest BCUT2D eigenvalue weighted by molar-refractivity contribution is 6.17. The van der Waals surface area contributed by atoms with Gasteiger partial charge in [-0.05, 0) is 24.1 Å². The van der Waals surface area contributed by atoms with Crippen molar-refractivity contribution in [1.29, 1.82) is 0 Å². The Morgan fingerprint density at radius 1 is 1.50 bits per heavy atom. The molecule has 0 bridgehead atoms. The van der Waals surface area contributed by atoms with Crippen molar-refractivity contribution in [3.63, 3.8) is 0 Å². The number of methoxy groups -OCH3 is 1. The number of ether oxygens (including phenoxy) is 1. The summed E-state index contributed by atoms with van der Waals surface area (Å²) in [4.78, 5) is 0. The summed E-state index contributed by atoms with van der Waals surface area (Å²) < 4.78 is 18.0. The Labute approximate surface area is 76.1 Å². The van der Waals surface area contributed by atoms with Crippen LogP contribution in [0.3, 0.4) is 0 Å². The molecule has 1 aromatic carbocycles. The Hall–Kier alpha value is -0.760. The topological polar surface area (TPSA) is 9.23 Å². The minimum absolute atomic E-state index is 0.295. The summed E-state index contributed by atoms with van der Waals surface area (Å²) in [7, 11) is 1.45. The predicted octanol–water partition coefficient (Wildman–Crippen LogP) is 2.88. The third-order valence-electron chi connectivity index (χ3n) is 1.65. The van der Waals surface area contributed by atoms with E-state index in [2.05, 4.69) is 0 Å². The Bertz CT molecular complexity index is 263. The third kappa shape index (κ3) is 1.69. The largest absolute Gasteiger partial charge is 0.493 e. The van der Waals surface area contributed by atoms with Gasteiger partial charge in [0.2, 0.25) is 0 Å². The lowest BCUT2D eigenvalue weighted by atomic mass is 10.1. The fourth-order valence-corrected chi connectivity index (χ4v) is 1.29. The summed E-state index contributed by atoms with van der Waals surface area (Å²) in [6.07, 6.45) is 0. The molecule has 0 aliphatic heterocycles. The maximum atomic E-state index is 13.1. The highest BCUT2D eigenvalue weighted by Gasteiger charge is 2.07. The second-order valence-corrected chi connectivity index (χ2v) is 2.83. The number of alkyl halides is 1. The van der Waals surface area contributed by atoms with Crippen LogP contribution in [0.15, 0.2) is 12.1 Å². The SMILES string of the molecule is COc1c(C)cc(CCl)cc1F. The Balaban J connectivity index is 3.18. The van der Waals surface area contributed by atoms with Crippen LogP contribution in [0.25, 0.3) is 0 Å². The molecule has 0 saturated heterocycles. The van der Waals surface area contributed by atoms with E-state index in [0.717, 1.165) is 11.1 Å². The smallest absolute Gasteiger partial charge is 0.165 e. The first-order valence-corrected chi connectivity index (χ1v) is 4.11. The minimum Gasteiger partial charge on any atom is -0.493 e. The average Bonchev–Trinajstić information content (AvgIpc) is 2.03. The number of hydrogen-bond acceptors (Lipinski definition) is 1. The first kappa shape index (κ1) is 9.33. The van der Waals surface area contributed by atoms with Gasteiger partial charge in [-0.1, -0.05) is 6.07 Å². The van der Waals surface area contributed by atoms with Crippen LogP contribution in [0.4, 0.5) is 4.39 Å². The summed E-state index contributed by atoms with van der Waals surface area (Å²) in [6.45, 7) is 1.79.